The van der Waals surface area contributed by atoms with E-state index >= 15 is 0 Å². The Kier molecular flexibility index (Phi) is 4.55. The topological polar surface area (TPSA) is 51.7 Å². The smallest absolute Gasteiger partial charge is 0.260 e. The van der Waals surface area contributed by atoms with Crippen molar-refractivity contribution in [3.8, 4) is 17.4 Å². The maximum atomic E-state index is 14.0. The van der Waals surface area contributed by atoms with Gasteiger partial charge in [0.15, 0.2) is 11.6 Å². The molecule has 0 saturated carbocycles. The van der Waals surface area contributed by atoms with E-state index in [1.54, 1.807) is 26.2 Å². The average molecular weight is 308 g/mol. The van der Waals surface area contributed by atoms with Crippen molar-refractivity contribution in [1.82, 2.24) is 9.88 Å². The molecule has 2 rings (SSSR count). The van der Waals surface area contributed by atoms with Gasteiger partial charge in [-0.15, -0.1) is 0 Å². The van der Waals surface area contributed by atoms with Crippen molar-refractivity contribution in [3.05, 3.63) is 47.7 Å². The molecule has 0 atom stereocenters. The van der Waals surface area contributed by atoms with Crippen molar-refractivity contribution in [1.29, 1.82) is 0 Å². The Labute approximate surface area is 126 Å². The van der Waals surface area contributed by atoms with Crippen molar-refractivity contribution in [2.45, 2.75) is 0 Å². The number of hydrogen-bond donors (Lipinski definition) is 0. The average Bonchev–Trinajstić information content (AvgIpc) is 2.50. The third kappa shape index (κ3) is 3.13. The fourth-order valence-electron chi connectivity index (χ4n) is 1.75. The lowest BCUT2D eigenvalue weighted by molar-refractivity contribution is 0.0827. The standard InChI is InChI=1S/C15H14F2N2O3/c1-19(2)15(20)9-5-4-6-10(7-9)22-14-12(17)13(21-3)11(16)8-18-14/h4-8H,1-3H3. The van der Waals surface area contributed by atoms with E-state index in [9.17, 15) is 13.6 Å². The highest BCUT2D eigenvalue weighted by Crippen LogP contribution is 2.30. The number of carbonyl (C=O) groups excluding carboxylic acids is 1. The molecule has 0 radical (unpaired) electrons. The zero-order valence-electron chi connectivity index (χ0n) is 12.3. The molecule has 0 aliphatic carbocycles. The van der Waals surface area contributed by atoms with Crippen LogP contribution < -0.4 is 9.47 Å². The predicted octanol–water partition coefficient (Wildman–Crippen LogP) is 2.86. The first-order chi connectivity index (χ1) is 10.4. The molecule has 22 heavy (non-hydrogen) atoms. The number of ether oxygens (including phenoxy) is 2. The number of pyridine rings is 1. The Morgan fingerprint density at radius 2 is 2.00 bits per heavy atom. The van der Waals surface area contributed by atoms with E-state index in [2.05, 4.69) is 9.72 Å². The minimum Gasteiger partial charge on any atom is -0.491 e. The van der Waals surface area contributed by atoms with E-state index in [-0.39, 0.29) is 11.7 Å². The quantitative estimate of drug-likeness (QED) is 0.871. The Morgan fingerprint density at radius 3 is 2.64 bits per heavy atom. The van der Waals surface area contributed by atoms with Crippen LogP contribution in [0.5, 0.6) is 17.4 Å². The SMILES string of the molecule is COc1c(F)cnc(Oc2cccc(C(=O)N(C)C)c2)c1F. The van der Waals surface area contributed by atoms with Crippen LogP contribution in [0, 0.1) is 11.6 Å². The predicted molar refractivity (Wildman–Crippen MR) is 75.2 cm³/mol. The normalized spacial score (nSPS) is 10.2. The molecule has 0 bridgehead atoms. The van der Waals surface area contributed by atoms with Gasteiger partial charge in [-0.05, 0) is 18.2 Å². The minimum atomic E-state index is -1.05. The lowest BCUT2D eigenvalue weighted by Crippen LogP contribution is -2.21. The van der Waals surface area contributed by atoms with Gasteiger partial charge in [-0.1, -0.05) is 6.07 Å². The molecule has 0 spiro atoms. The molecule has 1 amide bonds. The molecular weight excluding hydrogens is 294 g/mol. The zero-order valence-corrected chi connectivity index (χ0v) is 12.3. The van der Waals surface area contributed by atoms with Gasteiger partial charge in [-0.3, -0.25) is 4.79 Å². The number of benzene rings is 1. The second kappa shape index (κ2) is 6.38. The Balaban J connectivity index is 2.32. The van der Waals surface area contributed by atoms with Gasteiger partial charge in [0.05, 0.1) is 13.3 Å². The number of rotatable bonds is 4. The lowest BCUT2D eigenvalue weighted by Gasteiger charge is -2.12. The van der Waals surface area contributed by atoms with Gasteiger partial charge in [0.2, 0.25) is 5.82 Å². The fourth-order valence-corrected chi connectivity index (χ4v) is 1.75. The lowest BCUT2D eigenvalue weighted by atomic mass is 10.2. The largest absolute Gasteiger partial charge is 0.491 e. The maximum absolute atomic E-state index is 14.0. The first-order valence-electron chi connectivity index (χ1n) is 6.31. The molecule has 116 valence electrons. The first-order valence-corrected chi connectivity index (χ1v) is 6.31. The van der Waals surface area contributed by atoms with Crippen molar-refractivity contribution < 1.29 is 23.0 Å². The van der Waals surface area contributed by atoms with E-state index in [1.165, 1.54) is 17.0 Å². The van der Waals surface area contributed by atoms with Gasteiger partial charge in [-0.25, -0.2) is 9.37 Å². The van der Waals surface area contributed by atoms with Crippen LogP contribution in [-0.4, -0.2) is 37.0 Å². The van der Waals surface area contributed by atoms with Gasteiger partial charge in [0.1, 0.15) is 5.75 Å². The molecule has 0 N–H and O–H groups in total. The van der Waals surface area contributed by atoms with Crippen LogP contribution in [-0.2, 0) is 0 Å². The van der Waals surface area contributed by atoms with Gasteiger partial charge >= 0.3 is 0 Å². The molecule has 0 fully saturated rings. The summed E-state index contributed by atoms with van der Waals surface area (Å²) < 4.78 is 37.2. The van der Waals surface area contributed by atoms with Crippen LogP contribution in [0.2, 0.25) is 0 Å². The van der Waals surface area contributed by atoms with Crippen LogP contribution in [0.3, 0.4) is 0 Å². The molecule has 0 unspecified atom stereocenters. The number of methoxy groups -OCH3 is 1. The van der Waals surface area contributed by atoms with Crippen LogP contribution in [0.15, 0.2) is 30.5 Å². The van der Waals surface area contributed by atoms with Gasteiger partial charge < -0.3 is 14.4 Å². The Hall–Kier alpha value is -2.70. The molecule has 5 nitrogen and oxygen atoms in total. The Bertz CT molecular complexity index is 705. The molecular formula is C15H14F2N2O3. The van der Waals surface area contributed by atoms with E-state index in [0.717, 1.165) is 13.3 Å². The summed E-state index contributed by atoms with van der Waals surface area (Å²) >= 11 is 0. The Morgan fingerprint density at radius 1 is 1.27 bits per heavy atom. The zero-order chi connectivity index (χ0) is 16.3. The molecule has 2 aromatic rings. The van der Waals surface area contributed by atoms with E-state index in [1.807, 2.05) is 0 Å². The van der Waals surface area contributed by atoms with Crippen LogP contribution >= 0.6 is 0 Å². The van der Waals surface area contributed by atoms with Crippen LogP contribution in [0.1, 0.15) is 10.4 Å². The highest BCUT2D eigenvalue weighted by Gasteiger charge is 2.18. The van der Waals surface area contributed by atoms with Crippen molar-refractivity contribution in [2.75, 3.05) is 21.2 Å². The second-order valence-electron chi connectivity index (χ2n) is 4.59. The van der Waals surface area contributed by atoms with Gasteiger partial charge in [-0.2, -0.15) is 4.39 Å². The van der Waals surface area contributed by atoms with Crippen molar-refractivity contribution >= 4 is 5.91 Å². The summed E-state index contributed by atoms with van der Waals surface area (Å²) in [4.78, 5) is 16.8. The van der Waals surface area contributed by atoms with E-state index in [4.69, 9.17) is 4.74 Å². The number of nitrogens with zero attached hydrogens (tertiary/aromatic N) is 2. The molecule has 7 heteroatoms. The molecule has 0 aliphatic rings. The summed E-state index contributed by atoms with van der Waals surface area (Å²) in [6.45, 7) is 0. The molecule has 1 aromatic carbocycles. The molecule has 1 heterocycles. The van der Waals surface area contributed by atoms with Gasteiger partial charge in [0.25, 0.3) is 11.8 Å². The summed E-state index contributed by atoms with van der Waals surface area (Å²) in [5.41, 5.74) is 0.372. The van der Waals surface area contributed by atoms with Crippen LogP contribution in [0.25, 0.3) is 0 Å². The highest BCUT2D eigenvalue weighted by atomic mass is 19.1. The summed E-state index contributed by atoms with van der Waals surface area (Å²) in [5, 5.41) is 0. The van der Waals surface area contributed by atoms with E-state index in [0.29, 0.717) is 5.56 Å². The highest BCUT2D eigenvalue weighted by molar-refractivity contribution is 5.94. The number of carbonyl (C=O) groups is 1. The molecule has 0 aliphatic heterocycles. The summed E-state index contributed by atoms with van der Waals surface area (Å²) in [7, 11) is 4.37. The molecule has 0 saturated heterocycles. The minimum absolute atomic E-state index is 0.202. The first kappa shape index (κ1) is 15.7. The van der Waals surface area contributed by atoms with Gasteiger partial charge in [0, 0.05) is 19.7 Å². The summed E-state index contributed by atoms with van der Waals surface area (Å²) in [5.74, 6) is -3.02. The number of amides is 1. The van der Waals surface area contributed by atoms with Crippen LogP contribution in [0.4, 0.5) is 8.78 Å². The number of aromatic nitrogens is 1. The van der Waals surface area contributed by atoms with Crippen molar-refractivity contribution in [2.24, 2.45) is 0 Å². The third-order valence-corrected chi connectivity index (χ3v) is 2.81. The summed E-state index contributed by atoms with van der Waals surface area (Å²) in [6.07, 6.45) is 0.798. The molecule has 1 aromatic heterocycles. The maximum Gasteiger partial charge on any atom is 0.260 e. The number of hydrogen-bond acceptors (Lipinski definition) is 4. The van der Waals surface area contributed by atoms with E-state index < -0.39 is 23.3 Å². The monoisotopic (exact) mass is 308 g/mol. The fraction of sp³-hybridized carbons (Fsp3) is 0.200. The second-order valence-corrected chi connectivity index (χ2v) is 4.59. The van der Waals surface area contributed by atoms with Crippen molar-refractivity contribution in [3.63, 3.8) is 0 Å². The summed E-state index contributed by atoms with van der Waals surface area (Å²) in [6, 6.07) is 6.16. The third-order valence-electron chi connectivity index (χ3n) is 2.81. The number of halogens is 2.